The van der Waals surface area contributed by atoms with Crippen LogP contribution in [0.2, 0.25) is 0 Å². The normalized spacial score (nSPS) is 12.2. The summed E-state index contributed by atoms with van der Waals surface area (Å²) in [5, 5.41) is 2.75. The topological polar surface area (TPSA) is 84.9 Å². The van der Waals surface area contributed by atoms with Crippen molar-refractivity contribution in [3.05, 3.63) is 53.1 Å². The number of hydrogen-bond acceptors (Lipinski definition) is 5. The van der Waals surface area contributed by atoms with Gasteiger partial charge in [0.1, 0.15) is 24.1 Å². The molecule has 0 aromatic heterocycles. The molecule has 0 unspecified atom stereocenters. The molecule has 2 aromatic rings. The zero-order chi connectivity index (χ0) is 22.5. The summed E-state index contributed by atoms with van der Waals surface area (Å²) >= 11 is 0. The number of nitrogens with zero attached hydrogens (tertiary/aromatic N) is 1. The van der Waals surface area contributed by atoms with Crippen LogP contribution in [0.15, 0.2) is 36.4 Å². The van der Waals surface area contributed by atoms with Crippen LogP contribution in [-0.4, -0.2) is 46.9 Å². The maximum atomic E-state index is 12.7. The van der Waals surface area contributed by atoms with Crippen LogP contribution >= 0.6 is 0 Å². The second-order valence-electron chi connectivity index (χ2n) is 7.32. The van der Waals surface area contributed by atoms with E-state index in [9.17, 15) is 13.2 Å². The predicted molar refractivity (Wildman–Crippen MR) is 119 cm³/mol. The molecule has 0 saturated carbocycles. The maximum absolute atomic E-state index is 12.7. The molecule has 1 atom stereocenters. The largest absolute Gasteiger partial charge is 0.495 e. The molecule has 0 aliphatic rings. The number of amides is 1. The first-order chi connectivity index (χ1) is 14.0. The quantitative estimate of drug-likeness (QED) is 0.614. The first-order valence-corrected chi connectivity index (χ1v) is 11.5. The molecule has 8 heteroatoms. The number of aryl methyl sites for hydroxylation is 3. The number of benzene rings is 2. The van der Waals surface area contributed by atoms with Gasteiger partial charge in [-0.3, -0.25) is 9.10 Å². The fourth-order valence-electron chi connectivity index (χ4n) is 3.10. The van der Waals surface area contributed by atoms with Gasteiger partial charge in [-0.05, 0) is 62.6 Å². The first-order valence-electron chi connectivity index (χ1n) is 9.66. The lowest BCUT2D eigenvalue weighted by Crippen LogP contribution is -2.48. The summed E-state index contributed by atoms with van der Waals surface area (Å²) in [6, 6.07) is 10.2. The second kappa shape index (κ2) is 9.84. The van der Waals surface area contributed by atoms with Crippen LogP contribution in [0.5, 0.6) is 11.5 Å². The number of hydrogen-bond donors (Lipinski definition) is 1. The number of nitrogens with one attached hydrogen (secondary N) is 1. The van der Waals surface area contributed by atoms with Crippen molar-refractivity contribution in [1.29, 1.82) is 0 Å². The van der Waals surface area contributed by atoms with E-state index < -0.39 is 22.0 Å². The Morgan fingerprint density at radius 2 is 1.70 bits per heavy atom. The molecule has 0 spiro atoms. The van der Waals surface area contributed by atoms with E-state index in [4.69, 9.17) is 9.47 Å². The Labute approximate surface area is 179 Å². The van der Waals surface area contributed by atoms with Gasteiger partial charge in [0.15, 0.2) is 0 Å². The molecule has 0 heterocycles. The molecule has 0 radical (unpaired) electrons. The predicted octanol–water partition coefficient (Wildman–Crippen LogP) is 2.97. The third-order valence-corrected chi connectivity index (χ3v) is 5.89. The molecule has 0 aliphatic carbocycles. The van der Waals surface area contributed by atoms with Crippen LogP contribution in [0.4, 0.5) is 5.69 Å². The Kier molecular flexibility index (Phi) is 7.72. The maximum Gasteiger partial charge on any atom is 0.243 e. The lowest BCUT2D eigenvalue weighted by molar-refractivity contribution is -0.121. The summed E-state index contributed by atoms with van der Waals surface area (Å²) in [6.07, 6.45) is 1.07. The van der Waals surface area contributed by atoms with Crippen molar-refractivity contribution in [2.24, 2.45) is 0 Å². The van der Waals surface area contributed by atoms with E-state index in [1.807, 2.05) is 45.0 Å². The van der Waals surface area contributed by atoms with E-state index in [1.54, 1.807) is 19.1 Å². The van der Waals surface area contributed by atoms with Crippen LogP contribution in [0.1, 0.15) is 23.6 Å². The number of sulfonamides is 1. The molecule has 2 rings (SSSR count). The third-order valence-electron chi connectivity index (χ3n) is 4.66. The van der Waals surface area contributed by atoms with Crippen molar-refractivity contribution < 1.29 is 22.7 Å². The van der Waals surface area contributed by atoms with Gasteiger partial charge in [0.05, 0.1) is 25.6 Å². The molecule has 7 nitrogen and oxygen atoms in total. The molecule has 1 N–H and O–H groups in total. The average molecular weight is 435 g/mol. The minimum atomic E-state index is -3.73. The summed E-state index contributed by atoms with van der Waals surface area (Å²) < 4.78 is 37.2. The fraction of sp³-hybridized carbons (Fsp3) is 0.409. The van der Waals surface area contributed by atoms with E-state index >= 15 is 0 Å². The standard InChI is InChI=1S/C22H30N2O5S/c1-15-8-10-20(28-5)19(13-15)24(30(6,26)27)18(4)22(25)23-11-12-29-21-14-16(2)7-9-17(21)3/h7-10,13-14,18H,11-12H2,1-6H3,(H,23,25)/t18-/m0/s1. The summed E-state index contributed by atoms with van der Waals surface area (Å²) in [5.74, 6) is 0.719. The molecular formula is C22H30N2O5S. The summed E-state index contributed by atoms with van der Waals surface area (Å²) in [5.41, 5.74) is 3.28. The number of rotatable bonds is 9. The van der Waals surface area contributed by atoms with Gasteiger partial charge in [-0.15, -0.1) is 0 Å². The number of ether oxygens (including phenoxy) is 2. The fourth-order valence-corrected chi connectivity index (χ4v) is 4.27. The Bertz CT molecular complexity index is 1000. The minimum Gasteiger partial charge on any atom is -0.495 e. The van der Waals surface area contributed by atoms with Crippen molar-refractivity contribution in [2.45, 2.75) is 33.7 Å². The third kappa shape index (κ3) is 5.89. The highest BCUT2D eigenvalue weighted by Crippen LogP contribution is 2.32. The van der Waals surface area contributed by atoms with Crippen molar-refractivity contribution in [3.8, 4) is 11.5 Å². The van der Waals surface area contributed by atoms with Crippen LogP contribution in [0.3, 0.4) is 0 Å². The Morgan fingerprint density at radius 3 is 2.33 bits per heavy atom. The summed E-state index contributed by atoms with van der Waals surface area (Å²) in [4.78, 5) is 12.7. The highest BCUT2D eigenvalue weighted by Gasteiger charge is 2.31. The molecule has 30 heavy (non-hydrogen) atoms. The Balaban J connectivity index is 2.10. The van der Waals surface area contributed by atoms with E-state index in [0.717, 1.165) is 33.0 Å². The van der Waals surface area contributed by atoms with Gasteiger partial charge in [-0.25, -0.2) is 8.42 Å². The molecule has 2 aromatic carbocycles. The van der Waals surface area contributed by atoms with E-state index in [1.165, 1.54) is 7.11 Å². The zero-order valence-corrected chi connectivity index (χ0v) is 19.2. The molecule has 0 bridgehead atoms. The lowest BCUT2D eigenvalue weighted by atomic mass is 10.1. The van der Waals surface area contributed by atoms with Gasteiger partial charge in [0.25, 0.3) is 0 Å². The van der Waals surface area contributed by atoms with E-state index in [0.29, 0.717) is 11.4 Å². The second-order valence-corrected chi connectivity index (χ2v) is 9.18. The zero-order valence-electron chi connectivity index (χ0n) is 18.4. The molecule has 0 saturated heterocycles. The molecule has 164 valence electrons. The first kappa shape index (κ1) is 23.5. The minimum absolute atomic E-state index is 0.249. The van der Waals surface area contributed by atoms with Gasteiger partial charge in [0, 0.05) is 0 Å². The van der Waals surface area contributed by atoms with Crippen molar-refractivity contribution >= 4 is 21.6 Å². The molecular weight excluding hydrogens is 404 g/mol. The SMILES string of the molecule is COc1ccc(C)cc1N([C@@H](C)C(=O)NCCOc1cc(C)ccc1C)S(C)(=O)=O. The van der Waals surface area contributed by atoms with Crippen molar-refractivity contribution in [2.75, 3.05) is 30.8 Å². The van der Waals surface area contributed by atoms with Crippen LogP contribution in [0, 0.1) is 20.8 Å². The van der Waals surface area contributed by atoms with Gasteiger partial charge in [0.2, 0.25) is 15.9 Å². The number of carbonyl (C=O) groups excluding carboxylic acids is 1. The highest BCUT2D eigenvalue weighted by atomic mass is 32.2. The number of anilines is 1. The highest BCUT2D eigenvalue weighted by molar-refractivity contribution is 7.92. The monoisotopic (exact) mass is 434 g/mol. The molecule has 0 aliphatic heterocycles. The van der Waals surface area contributed by atoms with Crippen LogP contribution < -0.4 is 19.1 Å². The van der Waals surface area contributed by atoms with Crippen molar-refractivity contribution in [1.82, 2.24) is 5.32 Å². The Hall–Kier alpha value is -2.74. The van der Waals surface area contributed by atoms with Gasteiger partial charge < -0.3 is 14.8 Å². The average Bonchev–Trinajstić information content (AvgIpc) is 2.66. The van der Waals surface area contributed by atoms with Gasteiger partial charge >= 0.3 is 0 Å². The summed E-state index contributed by atoms with van der Waals surface area (Å²) in [7, 11) is -2.27. The van der Waals surface area contributed by atoms with E-state index in [-0.39, 0.29) is 13.2 Å². The lowest BCUT2D eigenvalue weighted by Gasteiger charge is -2.29. The smallest absolute Gasteiger partial charge is 0.243 e. The summed E-state index contributed by atoms with van der Waals surface area (Å²) in [6.45, 7) is 7.85. The number of methoxy groups -OCH3 is 1. The van der Waals surface area contributed by atoms with Gasteiger partial charge in [-0.1, -0.05) is 18.2 Å². The number of carbonyl (C=O) groups is 1. The molecule has 1 amide bonds. The van der Waals surface area contributed by atoms with E-state index in [2.05, 4.69) is 5.32 Å². The van der Waals surface area contributed by atoms with Crippen LogP contribution in [-0.2, 0) is 14.8 Å². The van der Waals surface area contributed by atoms with Crippen molar-refractivity contribution in [3.63, 3.8) is 0 Å². The Morgan fingerprint density at radius 1 is 1.07 bits per heavy atom. The van der Waals surface area contributed by atoms with Crippen LogP contribution in [0.25, 0.3) is 0 Å². The van der Waals surface area contributed by atoms with Gasteiger partial charge in [-0.2, -0.15) is 0 Å². The molecule has 0 fully saturated rings.